The fourth-order valence-electron chi connectivity index (χ4n) is 1.93. The van der Waals surface area contributed by atoms with Gasteiger partial charge in [0.05, 0.1) is 12.6 Å². The number of hydrogen-bond donors (Lipinski definition) is 1. The smallest absolute Gasteiger partial charge is 0.251 e. The van der Waals surface area contributed by atoms with Crippen molar-refractivity contribution in [3.63, 3.8) is 0 Å². The monoisotopic (exact) mass is 243 g/mol. The van der Waals surface area contributed by atoms with Crippen LogP contribution in [0.3, 0.4) is 0 Å². The Balaban J connectivity index is 2.88. The zero-order valence-electron chi connectivity index (χ0n) is 10.2. The molecule has 0 saturated carbocycles. The molecule has 0 aliphatic rings. The Morgan fingerprint density at radius 3 is 2.65 bits per heavy atom. The van der Waals surface area contributed by atoms with Gasteiger partial charge in [-0.1, -0.05) is 13.0 Å². The van der Waals surface area contributed by atoms with Crippen LogP contribution in [0.25, 0.3) is 0 Å². The van der Waals surface area contributed by atoms with E-state index in [9.17, 15) is 8.78 Å². The van der Waals surface area contributed by atoms with Crippen molar-refractivity contribution in [2.45, 2.75) is 31.9 Å². The minimum absolute atomic E-state index is 0.178. The number of rotatable bonds is 6. The Morgan fingerprint density at radius 2 is 2.18 bits per heavy atom. The van der Waals surface area contributed by atoms with Gasteiger partial charge in [0.1, 0.15) is 0 Å². The molecule has 0 saturated heterocycles. The number of pyridine rings is 1. The first-order valence-electron chi connectivity index (χ1n) is 5.70. The van der Waals surface area contributed by atoms with Gasteiger partial charge in [-0.05, 0) is 25.1 Å². The molecule has 2 unspecified atom stereocenters. The van der Waals surface area contributed by atoms with E-state index in [0.717, 1.165) is 12.0 Å². The number of alkyl halides is 2. The van der Waals surface area contributed by atoms with Crippen molar-refractivity contribution >= 4 is 0 Å². The van der Waals surface area contributed by atoms with Crippen LogP contribution in [0.5, 0.6) is 0 Å². The number of aromatic nitrogens is 1. The predicted molar refractivity (Wildman–Crippen MR) is 63.9 cm³/mol. The topological polar surface area (TPSA) is 42.1 Å². The van der Waals surface area contributed by atoms with E-state index in [1.165, 1.54) is 0 Å². The SMILES string of the molecule is CCC(N)C(c1cccnc1)N(C)CC(F)F. The highest BCUT2D eigenvalue weighted by Gasteiger charge is 2.25. The molecule has 0 bridgehead atoms. The molecule has 0 spiro atoms. The van der Waals surface area contributed by atoms with Crippen LogP contribution in [-0.4, -0.2) is 35.9 Å². The van der Waals surface area contributed by atoms with Gasteiger partial charge in [-0.3, -0.25) is 9.88 Å². The lowest BCUT2D eigenvalue weighted by Gasteiger charge is -2.32. The average Bonchev–Trinajstić information content (AvgIpc) is 2.29. The largest absolute Gasteiger partial charge is 0.326 e. The average molecular weight is 243 g/mol. The highest BCUT2D eigenvalue weighted by atomic mass is 19.3. The van der Waals surface area contributed by atoms with Gasteiger partial charge in [-0.2, -0.15) is 0 Å². The lowest BCUT2D eigenvalue weighted by molar-refractivity contribution is 0.0734. The minimum Gasteiger partial charge on any atom is -0.326 e. The summed E-state index contributed by atoms with van der Waals surface area (Å²) in [4.78, 5) is 5.61. The molecule has 0 radical (unpaired) electrons. The maximum atomic E-state index is 12.4. The van der Waals surface area contributed by atoms with Gasteiger partial charge < -0.3 is 5.73 Å². The Hall–Kier alpha value is -1.07. The van der Waals surface area contributed by atoms with E-state index in [1.54, 1.807) is 30.4 Å². The molecule has 0 aliphatic carbocycles. The van der Waals surface area contributed by atoms with Crippen molar-refractivity contribution in [2.75, 3.05) is 13.6 Å². The van der Waals surface area contributed by atoms with E-state index in [-0.39, 0.29) is 18.6 Å². The maximum Gasteiger partial charge on any atom is 0.251 e. The minimum atomic E-state index is -2.36. The van der Waals surface area contributed by atoms with Crippen molar-refractivity contribution in [2.24, 2.45) is 5.73 Å². The second-order valence-corrected chi connectivity index (χ2v) is 4.13. The van der Waals surface area contributed by atoms with Crippen LogP contribution in [0.2, 0.25) is 0 Å². The zero-order chi connectivity index (χ0) is 12.8. The summed E-state index contributed by atoms with van der Waals surface area (Å²) in [7, 11) is 1.67. The van der Waals surface area contributed by atoms with E-state index < -0.39 is 6.43 Å². The van der Waals surface area contributed by atoms with Gasteiger partial charge >= 0.3 is 0 Å². The van der Waals surface area contributed by atoms with Crippen LogP contribution in [0, 0.1) is 0 Å². The Kier molecular flexibility index (Phi) is 5.44. The molecule has 0 amide bonds. The van der Waals surface area contributed by atoms with Crippen LogP contribution in [0.15, 0.2) is 24.5 Å². The van der Waals surface area contributed by atoms with E-state index in [0.29, 0.717) is 0 Å². The summed E-state index contributed by atoms with van der Waals surface area (Å²) < 4.78 is 24.9. The third-order valence-electron chi connectivity index (χ3n) is 2.80. The Labute approximate surface area is 101 Å². The lowest BCUT2D eigenvalue weighted by atomic mass is 9.98. The fourth-order valence-corrected chi connectivity index (χ4v) is 1.93. The molecule has 17 heavy (non-hydrogen) atoms. The first-order chi connectivity index (χ1) is 8.06. The van der Waals surface area contributed by atoms with Crippen molar-refractivity contribution in [1.82, 2.24) is 9.88 Å². The summed E-state index contributed by atoms with van der Waals surface area (Å²) in [5.74, 6) is 0. The molecule has 5 heteroatoms. The standard InChI is InChI=1S/C12H19F2N3/c1-3-10(15)12(17(2)8-11(13)14)9-5-4-6-16-7-9/h4-7,10-12H,3,8,15H2,1-2H3. The van der Waals surface area contributed by atoms with E-state index in [2.05, 4.69) is 4.98 Å². The molecule has 1 aromatic rings. The molecule has 0 fully saturated rings. The van der Waals surface area contributed by atoms with Crippen molar-refractivity contribution in [3.05, 3.63) is 30.1 Å². The number of hydrogen-bond acceptors (Lipinski definition) is 3. The second-order valence-electron chi connectivity index (χ2n) is 4.13. The molecule has 3 nitrogen and oxygen atoms in total. The molecule has 1 rings (SSSR count). The maximum absolute atomic E-state index is 12.4. The first kappa shape index (κ1) is 14.0. The Bertz CT molecular complexity index is 319. The number of nitrogens with zero attached hydrogens (tertiary/aromatic N) is 2. The van der Waals surface area contributed by atoms with Crippen LogP contribution in [0.1, 0.15) is 24.9 Å². The molecule has 1 heterocycles. The van der Waals surface area contributed by atoms with Crippen molar-refractivity contribution in [1.29, 1.82) is 0 Å². The van der Waals surface area contributed by atoms with Gasteiger partial charge in [-0.15, -0.1) is 0 Å². The summed E-state index contributed by atoms with van der Waals surface area (Å²) in [6.07, 6.45) is 1.71. The Morgan fingerprint density at radius 1 is 1.47 bits per heavy atom. The van der Waals surface area contributed by atoms with Crippen LogP contribution in [-0.2, 0) is 0 Å². The molecule has 0 aromatic carbocycles. The molecule has 0 aliphatic heterocycles. The molecule has 1 aromatic heterocycles. The highest BCUT2D eigenvalue weighted by Crippen LogP contribution is 2.23. The zero-order valence-corrected chi connectivity index (χ0v) is 10.2. The fraction of sp³-hybridized carbons (Fsp3) is 0.583. The van der Waals surface area contributed by atoms with Crippen molar-refractivity contribution in [3.8, 4) is 0 Å². The summed E-state index contributed by atoms with van der Waals surface area (Å²) in [5, 5.41) is 0. The van der Waals surface area contributed by atoms with Gasteiger partial charge in [0, 0.05) is 18.4 Å². The summed E-state index contributed by atoms with van der Waals surface area (Å²) in [6, 6.07) is 3.27. The van der Waals surface area contributed by atoms with E-state index in [4.69, 9.17) is 5.73 Å². The van der Waals surface area contributed by atoms with Crippen LogP contribution < -0.4 is 5.73 Å². The highest BCUT2D eigenvalue weighted by molar-refractivity contribution is 5.16. The normalized spacial score (nSPS) is 15.2. The number of likely N-dealkylation sites (N-methyl/N-ethyl adjacent to an activating group) is 1. The quantitative estimate of drug-likeness (QED) is 0.831. The molecule has 96 valence electrons. The lowest BCUT2D eigenvalue weighted by Crippen LogP contribution is -2.40. The van der Waals surface area contributed by atoms with Gasteiger partial charge in [-0.25, -0.2) is 8.78 Å². The van der Waals surface area contributed by atoms with Crippen LogP contribution >= 0.6 is 0 Å². The summed E-state index contributed by atoms with van der Waals surface area (Å²) in [6.45, 7) is 1.66. The van der Waals surface area contributed by atoms with Gasteiger partial charge in [0.25, 0.3) is 6.43 Å². The molecule has 2 N–H and O–H groups in total. The number of nitrogens with two attached hydrogens (primary N) is 1. The number of halogens is 2. The first-order valence-corrected chi connectivity index (χ1v) is 5.70. The van der Waals surface area contributed by atoms with E-state index >= 15 is 0 Å². The third kappa shape index (κ3) is 4.02. The third-order valence-corrected chi connectivity index (χ3v) is 2.80. The molecule has 2 atom stereocenters. The van der Waals surface area contributed by atoms with Gasteiger partial charge in [0.2, 0.25) is 0 Å². The van der Waals surface area contributed by atoms with E-state index in [1.807, 2.05) is 13.0 Å². The van der Waals surface area contributed by atoms with Crippen LogP contribution in [0.4, 0.5) is 8.78 Å². The van der Waals surface area contributed by atoms with Gasteiger partial charge in [0.15, 0.2) is 0 Å². The second kappa shape index (κ2) is 6.61. The van der Waals surface area contributed by atoms with Crippen molar-refractivity contribution < 1.29 is 8.78 Å². The summed E-state index contributed by atoms with van der Waals surface area (Å²) in [5.41, 5.74) is 6.89. The predicted octanol–water partition coefficient (Wildman–Crippen LogP) is 2.06. The molecular weight excluding hydrogens is 224 g/mol. The summed E-state index contributed by atoms with van der Waals surface area (Å²) >= 11 is 0. The molecular formula is C12H19F2N3.